The number of nitrogens with one attached hydrogen (secondary N) is 1. The Morgan fingerprint density at radius 2 is 1.92 bits per heavy atom. The normalized spacial score (nSPS) is 10.6. The summed E-state index contributed by atoms with van der Waals surface area (Å²) in [5.41, 5.74) is 2.94. The van der Waals surface area contributed by atoms with E-state index in [9.17, 15) is 14.9 Å². The number of aryl methyl sites for hydroxylation is 2. The van der Waals surface area contributed by atoms with E-state index < -0.39 is 10.8 Å². The molecule has 0 fully saturated rings. The van der Waals surface area contributed by atoms with Gasteiger partial charge in [0.25, 0.3) is 11.6 Å². The maximum Gasteiger partial charge on any atom is 0.270 e. The number of amides is 1. The highest BCUT2D eigenvalue weighted by Gasteiger charge is 2.16. The smallest absolute Gasteiger partial charge is 0.270 e. The summed E-state index contributed by atoms with van der Waals surface area (Å²) >= 11 is 0. The molecule has 0 bridgehead atoms. The molecule has 0 unspecified atom stereocenters. The van der Waals surface area contributed by atoms with Crippen LogP contribution in [0.2, 0.25) is 0 Å². The Morgan fingerprint density at radius 1 is 1.12 bits per heavy atom. The molecule has 0 aliphatic carbocycles. The molecule has 24 heavy (non-hydrogen) atoms. The van der Waals surface area contributed by atoms with Crippen molar-refractivity contribution in [2.75, 3.05) is 5.32 Å². The van der Waals surface area contributed by atoms with E-state index in [2.05, 4.69) is 10.3 Å². The second-order valence-corrected chi connectivity index (χ2v) is 5.54. The van der Waals surface area contributed by atoms with Gasteiger partial charge in [0.2, 0.25) is 0 Å². The monoisotopic (exact) mass is 321 g/mol. The Morgan fingerprint density at radius 3 is 2.67 bits per heavy atom. The van der Waals surface area contributed by atoms with Crippen molar-refractivity contribution >= 4 is 28.2 Å². The molecule has 0 saturated heterocycles. The molecule has 0 saturated carbocycles. The molecule has 6 nitrogen and oxygen atoms in total. The van der Waals surface area contributed by atoms with Gasteiger partial charge in [0.1, 0.15) is 0 Å². The van der Waals surface area contributed by atoms with E-state index in [1.165, 1.54) is 12.1 Å². The minimum absolute atomic E-state index is 0.113. The first-order valence-corrected chi connectivity index (χ1v) is 7.38. The Balaban J connectivity index is 2.00. The van der Waals surface area contributed by atoms with Crippen LogP contribution in [0.4, 0.5) is 11.4 Å². The number of nitro groups is 1. The maximum atomic E-state index is 12.6. The third-order valence-corrected chi connectivity index (χ3v) is 3.78. The number of aromatic nitrogens is 1. The van der Waals surface area contributed by atoms with Crippen molar-refractivity contribution in [3.05, 3.63) is 75.5 Å². The number of hydrogen-bond donors (Lipinski definition) is 1. The highest BCUT2D eigenvalue weighted by Crippen LogP contribution is 2.24. The van der Waals surface area contributed by atoms with Gasteiger partial charge in [-0.15, -0.1) is 0 Å². The SMILES string of the molecule is Cc1ccc2cccc(NC(=O)c3cc([N+](=O)[O-])ccc3C)c2n1. The van der Waals surface area contributed by atoms with Crippen molar-refractivity contribution in [1.29, 1.82) is 0 Å². The average Bonchev–Trinajstić information content (AvgIpc) is 2.55. The fourth-order valence-electron chi connectivity index (χ4n) is 2.50. The van der Waals surface area contributed by atoms with Crippen LogP contribution in [-0.2, 0) is 0 Å². The predicted molar refractivity (Wildman–Crippen MR) is 92.3 cm³/mol. The third-order valence-electron chi connectivity index (χ3n) is 3.78. The molecular formula is C18H15N3O3. The first-order chi connectivity index (χ1) is 11.5. The van der Waals surface area contributed by atoms with Crippen LogP contribution in [0.15, 0.2) is 48.5 Å². The van der Waals surface area contributed by atoms with Gasteiger partial charge in [-0.1, -0.05) is 24.3 Å². The zero-order valence-electron chi connectivity index (χ0n) is 13.2. The number of para-hydroxylation sites is 1. The molecular weight excluding hydrogens is 306 g/mol. The summed E-state index contributed by atoms with van der Waals surface area (Å²) < 4.78 is 0. The number of benzene rings is 2. The lowest BCUT2D eigenvalue weighted by Crippen LogP contribution is -2.14. The molecule has 1 N–H and O–H groups in total. The number of pyridine rings is 1. The number of rotatable bonds is 3. The van der Waals surface area contributed by atoms with E-state index in [4.69, 9.17) is 0 Å². The summed E-state index contributed by atoms with van der Waals surface area (Å²) in [4.78, 5) is 27.5. The van der Waals surface area contributed by atoms with Crippen molar-refractivity contribution in [2.45, 2.75) is 13.8 Å². The largest absolute Gasteiger partial charge is 0.320 e. The lowest BCUT2D eigenvalue weighted by molar-refractivity contribution is -0.384. The van der Waals surface area contributed by atoms with Crippen LogP contribution < -0.4 is 5.32 Å². The van der Waals surface area contributed by atoms with Gasteiger partial charge in [-0.25, -0.2) is 0 Å². The average molecular weight is 321 g/mol. The first kappa shape index (κ1) is 15.6. The first-order valence-electron chi connectivity index (χ1n) is 7.38. The standard InChI is InChI=1S/C18H15N3O3/c1-11-6-9-14(21(23)24)10-15(11)18(22)20-16-5-3-4-13-8-7-12(2)19-17(13)16/h3-10H,1-2H3,(H,20,22). The molecule has 0 spiro atoms. The van der Waals surface area contributed by atoms with Crippen molar-refractivity contribution in [1.82, 2.24) is 4.98 Å². The number of nitrogens with zero attached hydrogens (tertiary/aromatic N) is 2. The Bertz CT molecular complexity index is 967. The molecule has 2 aromatic carbocycles. The lowest BCUT2D eigenvalue weighted by atomic mass is 10.1. The van der Waals surface area contributed by atoms with Crippen molar-refractivity contribution in [2.24, 2.45) is 0 Å². The second-order valence-electron chi connectivity index (χ2n) is 5.54. The van der Waals surface area contributed by atoms with Crippen LogP contribution in [0, 0.1) is 24.0 Å². The predicted octanol–water partition coefficient (Wildman–Crippen LogP) is 4.01. The van der Waals surface area contributed by atoms with Crippen molar-refractivity contribution in [3.8, 4) is 0 Å². The van der Waals surface area contributed by atoms with Gasteiger partial charge in [-0.3, -0.25) is 19.9 Å². The summed E-state index contributed by atoms with van der Waals surface area (Å²) in [6.45, 7) is 3.62. The molecule has 0 aliphatic heterocycles. The van der Waals surface area contributed by atoms with Crippen LogP contribution in [0.5, 0.6) is 0 Å². The Hall–Kier alpha value is -3.28. The van der Waals surface area contributed by atoms with Crippen LogP contribution in [0.3, 0.4) is 0 Å². The second kappa shape index (κ2) is 6.08. The highest BCUT2D eigenvalue weighted by molar-refractivity contribution is 6.09. The minimum atomic E-state index is -0.515. The number of carbonyl (C=O) groups excluding carboxylic acids is 1. The quantitative estimate of drug-likeness (QED) is 0.583. The van der Waals surface area contributed by atoms with Crippen LogP contribution in [0.25, 0.3) is 10.9 Å². The van der Waals surface area contributed by atoms with Crippen molar-refractivity contribution < 1.29 is 9.72 Å². The van der Waals surface area contributed by atoms with Gasteiger partial charge in [-0.05, 0) is 31.5 Å². The summed E-state index contributed by atoms with van der Waals surface area (Å²) in [5.74, 6) is -0.396. The number of fused-ring (bicyclic) bond motifs is 1. The van der Waals surface area contributed by atoms with E-state index >= 15 is 0 Å². The number of nitro benzene ring substituents is 1. The molecule has 1 heterocycles. The molecule has 0 aliphatic rings. The van der Waals surface area contributed by atoms with E-state index in [-0.39, 0.29) is 11.3 Å². The minimum Gasteiger partial charge on any atom is -0.320 e. The van der Waals surface area contributed by atoms with Gasteiger partial charge < -0.3 is 5.32 Å². The molecule has 6 heteroatoms. The molecule has 3 rings (SSSR count). The van der Waals surface area contributed by atoms with Gasteiger partial charge in [0.15, 0.2) is 0 Å². The van der Waals surface area contributed by atoms with Gasteiger partial charge in [0, 0.05) is 28.8 Å². The van der Waals surface area contributed by atoms with Crippen LogP contribution >= 0.6 is 0 Å². The molecule has 1 aromatic heterocycles. The van der Waals surface area contributed by atoms with Gasteiger partial charge in [0.05, 0.1) is 16.1 Å². The number of anilines is 1. The van der Waals surface area contributed by atoms with E-state index in [0.29, 0.717) is 16.8 Å². The molecule has 1 amide bonds. The van der Waals surface area contributed by atoms with E-state index in [0.717, 1.165) is 11.1 Å². The van der Waals surface area contributed by atoms with Crippen LogP contribution in [0.1, 0.15) is 21.6 Å². The van der Waals surface area contributed by atoms with Crippen molar-refractivity contribution in [3.63, 3.8) is 0 Å². The molecule has 120 valence electrons. The summed E-state index contributed by atoms with van der Waals surface area (Å²) in [7, 11) is 0. The lowest BCUT2D eigenvalue weighted by Gasteiger charge is -2.10. The van der Waals surface area contributed by atoms with Gasteiger partial charge in [-0.2, -0.15) is 0 Å². The fourth-order valence-corrected chi connectivity index (χ4v) is 2.50. The molecule has 0 radical (unpaired) electrons. The molecule has 3 aromatic rings. The summed E-state index contributed by atoms with van der Waals surface area (Å²) in [6, 6.07) is 13.6. The number of carbonyl (C=O) groups is 1. The van der Waals surface area contributed by atoms with E-state index in [1.54, 1.807) is 19.1 Å². The molecule has 0 atom stereocenters. The maximum absolute atomic E-state index is 12.6. The van der Waals surface area contributed by atoms with Crippen LogP contribution in [-0.4, -0.2) is 15.8 Å². The number of non-ortho nitro benzene ring substituents is 1. The highest BCUT2D eigenvalue weighted by atomic mass is 16.6. The Kier molecular flexibility index (Phi) is 3.95. The topological polar surface area (TPSA) is 85.1 Å². The van der Waals surface area contributed by atoms with Gasteiger partial charge >= 0.3 is 0 Å². The zero-order valence-corrected chi connectivity index (χ0v) is 13.2. The Labute approximate surface area is 138 Å². The zero-order chi connectivity index (χ0) is 17.3. The fraction of sp³-hybridized carbons (Fsp3) is 0.111. The summed E-state index contributed by atoms with van der Waals surface area (Å²) in [6.07, 6.45) is 0. The van der Waals surface area contributed by atoms with E-state index in [1.807, 2.05) is 31.2 Å². The third kappa shape index (κ3) is 2.94. The number of hydrogen-bond acceptors (Lipinski definition) is 4. The summed E-state index contributed by atoms with van der Waals surface area (Å²) in [5, 5.41) is 14.6.